The predicted octanol–water partition coefficient (Wildman–Crippen LogP) is 4.35. The molecular formula is C19H27NO. The first-order valence-corrected chi connectivity index (χ1v) is 8.29. The number of hydrogen-bond acceptors (Lipinski definition) is 1. The van der Waals surface area contributed by atoms with Crippen LogP contribution in [0.25, 0.3) is 0 Å². The maximum absolute atomic E-state index is 12.7. The molecule has 0 radical (unpaired) electrons. The standard InChI is InChI=1S/C19H27NO/c1-18(2,3)16-10-11-17(21)20-13-7-12-19(20,14-16)15-8-5-4-6-9-15/h4-6,8-9,16H,7,10-14H2,1-3H3/t16?,19-/m1/s1. The largest absolute Gasteiger partial charge is 0.333 e. The maximum atomic E-state index is 12.7. The van der Waals surface area contributed by atoms with Gasteiger partial charge in [0, 0.05) is 13.0 Å². The van der Waals surface area contributed by atoms with Crippen LogP contribution in [0.5, 0.6) is 0 Å². The molecule has 0 spiro atoms. The Kier molecular flexibility index (Phi) is 3.59. The van der Waals surface area contributed by atoms with Gasteiger partial charge in [0.25, 0.3) is 0 Å². The monoisotopic (exact) mass is 285 g/mol. The second-order valence-corrected chi connectivity index (χ2v) is 7.85. The second-order valence-electron chi connectivity index (χ2n) is 7.85. The molecule has 1 aromatic rings. The first kappa shape index (κ1) is 14.6. The smallest absolute Gasteiger partial charge is 0.223 e. The van der Waals surface area contributed by atoms with Crippen molar-refractivity contribution < 1.29 is 4.79 Å². The van der Waals surface area contributed by atoms with Gasteiger partial charge in [-0.25, -0.2) is 0 Å². The molecule has 114 valence electrons. The van der Waals surface area contributed by atoms with E-state index in [9.17, 15) is 4.79 Å². The van der Waals surface area contributed by atoms with Crippen LogP contribution in [0.4, 0.5) is 0 Å². The van der Waals surface area contributed by atoms with Crippen LogP contribution in [0.2, 0.25) is 0 Å². The molecule has 1 unspecified atom stereocenters. The quantitative estimate of drug-likeness (QED) is 0.751. The summed E-state index contributed by atoms with van der Waals surface area (Å²) in [6.07, 6.45) is 5.13. The van der Waals surface area contributed by atoms with Gasteiger partial charge >= 0.3 is 0 Å². The van der Waals surface area contributed by atoms with E-state index in [0.717, 1.165) is 38.6 Å². The van der Waals surface area contributed by atoms with Gasteiger partial charge in [-0.1, -0.05) is 51.1 Å². The SMILES string of the molecule is CC(C)(C)C1CCC(=O)N2CCC[C@]2(c2ccccc2)C1. The highest BCUT2D eigenvalue weighted by atomic mass is 16.2. The Morgan fingerprint density at radius 1 is 1.19 bits per heavy atom. The molecule has 2 atom stereocenters. The summed E-state index contributed by atoms with van der Waals surface area (Å²) in [4.78, 5) is 14.9. The van der Waals surface area contributed by atoms with Crippen LogP contribution < -0.4 is 0 Å². The fraction of sp³-hybridized carbons (Fsp3) is 0.632. The highest BCUT2D eigenvalue weighted by Gasteiger charge is 2.49. The van der Waals surface area contributed by atoms with Crippen molar-refractivity contribution in [1.29, 1.82) is 0 Å². The van der Waals surface area contributed by atoms with E-state index < -0.39 is 0 Å². The van der Waals surface area contributed by atoms with Crippen LogP contribution in [0.15, 0.2) is 30.3 Å². The molecule has 1 amide bonds. The van der Waals surface area contributed by atoms with E-state index in [0.29, 0.717) is 11.8 Å². The van der Waals surface area contributed by atoms with Crippen LogP contribution in [0.3, 0.4) is 0 Å². The number of fused-ring (bicyclic) bond motifs is 1. The van der Waals surface area contributed by atoms with E-state index in [1.165, 1.54) is 5.56 Å². The summed E-state index contributed by atoms with van der Waals surface area (Å²) in [5.74, 6) is 0.966. The Balaban J connectivity index is 2.06. The van der Waals surface area contributed by atoms with Crippen LogP contribution in [-0.2, 0) is 10.3 Å². The molecule has 0 aliphatic carbocycles. The molecule has 2 heteroatoms. The maximum Gasteiger partial charge on any atom is 0.223 e. The molecule has 2 heterocycles. The van der Waals surface area contributed by atoms with Crippen molar-refractivity contribution >= 4 is 5.91 Å². The molecule has 2 aliphatic heterocycles. The van der Waals surface area contributed by atoms with E-state index in [-0.39, 0.29) is 11.0 Å². The Morgan fingerprint density at radius 3 is 2.57 bits per heavy atom. The van der Waals surface area contributed by atoms with Crippen molar-refractivity contribution in [3.63, 3.8) is 0 Å². The number of hydrogen-bond donors (Lipinski definition) is 0. The molecule has 0 bridgehead atoms. The fourth-order valence-electron chi connectivity index (χ4n) is 4.30. The summed E-state index contributed by atoms with van der Waals surface area (Å²) in [7, 11) is 0. The highest BCUT2D eigenvalue weighted by molar-refractivity contribution is 5.78. The Bertz CT molecular complexity index is 516. The third kappa shape index (κ3) is 2.49. The third-order valence-electron chi connectivity index (χ3n) is 5.62. The number of amides is 1. The van der Waals surface area contributed by atoms with Crippen molar-refractivity contribution in [2.45, 2.75) is 58.4 Å². The van der Waals surface area contributed by atoms with Gasteiger partial charge in [-0.3, -0.25) is 4.79 Å². The lowest BCUT2D eigenvalue weighted by molar-refractivity contribution is -0.134. The topological polar surface area (TPSA) is 20.3 Å². The zero-order chi connectivity index (χ0) is 15.1. The van der Waals surface area contributed by atoms with E-state index in [2.05, 4.69) is 56.0 Å². The molecule has 0 saturated carbocycles. The molecule has 2 saturated heterocycles. The summed E-state index contributed by atoms with van der Waals surface area (Å²) in [5.41, 5.74) is 1.56. The van der Waals surface area contributed by atoms with Gasteiger partial charge in [-0.2, -0.15) is 0 Å². The van der Waals surface area contributed by atoms with E-state index in [4.69, 9.17) is 0 Å². The van der Waals surface area contributed by atoms with Gasteiger partial charge in [0.05, 0.1) is 5.54 Å². The van der Waals surface area contributed by atoms with Crippen molar-refractivity contribution in [2.75, 3.05) is 6.54 Å². The van der Waals surface area contributed by atoms with E-state index in [1.54, 1.807) is 0 Å². The normalized spacial score (nSPS) is 30.1. The van der Waals surface area contributed by atoms with Crippen molar-refractivity contribution in [2.24, 2.45) is 11.3 Å². The molecular weight excluding hydrogens is 258 g/mol. The Hall–Kier alpha value is -1.31. The summed E-state index contributed by atoms with van der Waals surface area (Å²) < 4.78 is 0. The number of carbonyl (C=O) groups excluding carboxylic acids is 1. The van der Waals surface area contributed by atoms with Gasteiger partial charge in [0.2, 0.25) is 5.91 Å². The molecule has 0 aromatic heterocycles. The molecule has 2 fully saturated rings. The zero-order valence-corrected chi connectivity index (χ0v) is 13.6. The van der Waals surface area contributed by atoms with Crippen LogP contribution in [0.1, 0.15) is 58.4 Å². The first-order chi connectivity index (χ1) is 9.93. The lowest BCUT2D eigenvalue weighted by Crippen LogP contribution is -2.45. The number of carbonyl (C=O) groups is 1. The first-order valence-electron chi connectivity index (χ1n) is 8.29. The molecule has 21 heavy (non-hydrogen) atoms. The summed E-state index contributed by atoms with van der Waals surface area (Å²) in [5, 5.41) is 0. The van der Waals surface area contributed by atoms with Crippen molar-refractivity contribution in [1.82, 2.24) is 4.90 Å². The Morgan fingerprint density at radius 2 is 1.90 bits per heavy atom. The summed E-state index contributed by atoms with van der Waals surface area (Å²) >= 11 is 0. The molecule has 1 aromatic carbocycles. The minimum Gasteiger partial charge on any atom is -0.333 e. The lowest BCUT2D eigenvalue weighted by Gasteiger charge is -2.42. The highest BCUT2D eigenvalue weighted by Crippen LogP contribution is 2.50. The second kappa shape index (κ2) is 5.15. The van der Waals surface area contributed by atoms with Gasteiger partial charge in [-0.15, -0.1) is 0 Å². The lowest BCUT2D eigenvalue weighted by atomic mass is 9.70. The average molecular weight is 285 g/mol. The molecule has 3 rings (SSSR count). The third-order valence-corrected chi connectivity index (χ3v) is 5.62. The summed E-state index contributed by atoms with van der Waals surface area (Å²) in [6.45, 7) is 7.91. The molecule has 0 N–H and O–H groups in total. The summed E-state index contributed by atoms with van der Waals surface area (Å²) in [6, 6.07) is 10.7. The van der Waals surface area contributed by atoms with Gasteiger partial charge < -0.3 is 4.90 Å². The van der Waals surface area contributed by atoms with E-state index >= 15 is 0 Å². The Labute approximate surface area is 128 Å². The molecule has 2 nitrogen and oxygen atoms in total. The number of rotatable bonds is 1. The average Bonchev–Trinajstić information content (AvgIpc) is 2.82. The van der Waals surface area contributed by atoms with Gasteiger partial charge in [0.1, 0.15) is 0 Å². The van der Waals surface area contributed by atoms with Crippen molar-refractivity contribution in [3.8, 4) is 0 Å². The minimum absolute atomic E-state index is 0.0488. The number of benzene rings is 1. The van der Waals surface area contributed by atoms with Crippen LogP contribution in [-0.4, -0.2) is 17.4 Å². The number of nitrogens with zero attached hydrogens (tertiary/aromatic N) is 1. The zero-order valence-electron chi connectivity index (χ0n) is 13.6. The van der Waals surface area contributed by atoms with E-state index in [1.807, 2.05) is 0 Å². The minimum atomic E-state index is -0.0488. The van der Waals surface area contributed by atoms with Gasteiger partial charge in [0.15, 0.2) is 0 Å². The fourth-order valence-corrected chi connectivity index (χ4v) is 4.30. The molecule has 2 aliphatic rings. The van der Waals surface area contributed by atoms with Crippen LogP contribution >= 0.6 is 0 Å². The predicted molar refractivity (Wildman–Crippen MR) is 85.9 cm³/mol. The van der Waals surface area contributed by atoms with Gasteiger partial charge in [-0.05, 0) is 42.6 Å². The van der Waals surface area contributed by atoms with Crippen LogP contribution in [0, 0.1) is 11.3 Å². The van der Waals surface area contributed by atoms with Crippen molar-refractivity contribution in [3.05, 3.63) is 35.9 Å².